The molecule has 3 aromatic rings. The van der Waals surface area contributed by atoms with Crippen molar-refractivity contribution in [2.75, 3.05) is 6.61 Å². The van der Waals surface area contributed by atoms with Crippen LogP contribution in [0.1, 0.15) is 21.6 Å². The average molecular weight is 347 g/mol. The van der Waals surface area contributed by atoms with Gasteiger partial charge in [-0.15, -0.1) is 5.10 Å². The molecule has 3 rings (SSSR count). The first kappa shape index (κ1) is 17.3. The average Bonchev–Trinajstić information content (AvgIpc) is 3.13. The van der Waals surface area contributed by atoms with Crippen molar-refractivity contribution in [3.63, 3.8) is 0 Å². The minimum atomic E-state index is -0.605. The van der Waals surface area contributed by atoms with E-state index in [0.29, 0.717) is 17.8 Å². The zero-order chi connectivity index (χ0) is 18.2. The molecule has 0 amide bonds. The van der Waals surface area contributed by atoms with Gasteiger partial charge in [-0.25, -0.2) is 9.48 Å². The molecule has 0 bridgehead atoms. The molecule has 6 heteroatoms. The van der Waals surface area contributed by atoms with E-state index < -0.39 is 5.97 Å². The summed E-state index contributed by atoms with van der Waals surface area (Å²) in [5, 5.41) is 7.99. The van der Waals surface area contributed by atoms with Gasteiger partial charge in [0.15, 0.2) is 12.4 Å². The molecule has 2 aromatic carbocycles. The Hall–Kier alpha value is -3.54. The van der Waals surface area contributed by atoms with Gasteiger partial charge in [0.1, 0.15) is 5.69 Å². The first-order valence-corrected chi connectivity index (χ1v) is 8.08. The molecule has 0 aliphatic heterocycles. The molecular formula is C20H17N3O3. The lowest BCUT2D eigenvalue weighted by Crippen LogP contribution is -2.12. The molecule has 26 heavy (non-hydrogen) atoms. The summed E-state index contributed by atoms with van der Waals surface area (Å²) in [5.41, 5.74) is 2.15. The molecule has 130 valence electrons. The number of benzene rings is 2. The van der Waals surface area contributed by atoms with Crippen molar-refractivity contribution in [3.8, 4) is 0 Å². The van der Waals surface area contributed by atoms with E-state index in [9.17, 15) is 9.59 Å². The van der Waals surface area contributed by atoms with Crippen LogP contribution in [-0.4, -0.2) is 33.4 Å². The lowest BCUT2D eigenvalue weighted by atomic mass is 10.1. The van der Waals surface area contributed by atoms with E-state index in [1.807, 2.05) is 36.4 Å². The Morgan fingerprint density at radius 3 is 2.42 bits per heavy atom. The molecule has 0 N–H and O–H groups in total. The third kappa shape index (κ3) is 4.98. The Labute approximate surface area is 150 Å². The summed E-state index contributed by atoms with van der Waals surface area (Å²) < 4.78 is 6.63. The number of Topliss-reactive ketones (excluding diaryl/α,β-unsaturated/α-hetero) is 1. The number of esters is 1. The van der Waals surface area contributed by atoms with Gasteiger partial charge in [0.2, 0.25) is 0 Å². The first-order valence-electron chi connectivity index (χ1n) is 8.08. The van der Waals surface area contributed by atoms with Crippen LogP contribution in [0.3, 0.4) is 0 Å². The fraction of sp³-hybridized carbons (Fsp3) is 0.100. The summed E-state index contributed by atoms with van der Waals surface area (Å²) in [4.78, 5) is 23.6. The Balaban J connectivity index is 1.50. The van der Waals surface area contributed by atoms with Crippen molar-refractivity contribution >= 4 is 17.8 Å². The fourth-order valence-electron chi connectivity index (χ4n) is 2.28. The number of hydrogen-bond donors (Lipinski definition) is 0. The topological polar surface area (TPSA) is 74.1 Å². The highest BCUT2D eigenvalue weighted by molar-refractivity contribution is 5.98. The summed E-state index contributed by atoms with van der Waals surface area (Å²) in [6.45, 7) is 0.297. The smallest absolute Gasteiger partial charge is 0.331 e. The van der Waals surface area contributed by atoms with Gasteiger partial charge in [0.05, 0.1) is 12.7 Å². The van der Waals surface area contributed by atoms with E-state index in [-0.39, 0.29) is 12.4 Å². The third-order valence-electron chi connectivity index (χ3n) is 3.58. The van der Waals surface area contributed by atoms with Gasteiger partial charge in [0.25, 0.3) is 0 Å². The Kier molecular flexibility index (Phi) is 5.67. The van der Waals surface area contributed by atoms with E-state index in [0.717, 1.165) is 5.56 Å². The maximum Gasteiger partial charge on any atom is 0.331 e. The van der Waals surface area contributed by atoms with Crippen LogP contribution < -0.4 is 0 Å². The van der Waals surface area contributed by atoms with E-state index >= 15 is 0 Å². The third-order valence-corrected chi connectivity index (χ3v) is 3.58. The van der Waals surface area contributed by atoms with Crippen LogP contribution in [0.5, 0.6) is 0 Å². The molecule has 1 heterocycles. The van der Waals surface area contributed by atoms with E-state index in [2.05, 4.69) is 10.3 Å². The molecular weight excluding hydrogens is 330 g/mol. The van der Waals surface area contributed by atoms with Crippen LogP contribution in [0.4, 0.5) is 0 Å². The van der Waals surface area contributed by atoms with Gasteiger partial charge in [0, 0.05) is 11.6 Å². The molecule has 0 radical (unpaired) electrons. The second-order valence-electron chi connectivity index (χ2n) is 5.56. The van der Waals surface area contributed by atoms with Gasteiger partial charge in [-0.05, 0) is 11.6 Å². The van der Waals surface area contributed by atoms with Crippen molar-refractivity contribution in [3.05, 3.63) is 89.8 Å². The lowest BCUT2D eigenvalue weighted by molar-refractivity contribution is -0.136. The maximum atomic E-state index is 11.9. The summed E-state index contributed by atoms with van der Waals surface area (Å²) in [6.07, 6.45) is 4.46. The number of hydrogen-bond acceptors (Lipinski definition) is 5. The summed E-state index contributed by atoms with van der Waals surface area (Å²) in [5.74, 6) is -0.854. The fourth-order valence-corrected chi connectivity index (χ4v) is 2.28. The van der Waals surface area contributed by atoms with Gasteiger partial charge >= 0.3 is 5.97 Å². The summed E-state index contributed by atoms with van der Waals surface area (Å²) in [7, 11) is 0. The number of carbonyl (C=O) groups is 2. The van der Waals surface area contributed by atoms with Crippen molar-refractivity contribution in [1.82, 2.24) is 15.0 Å². The van der Waals surface area contributed by atoms with Crippen molar-refractivity contribution in [2.45, 2.75) is 6.54 Å². The highest BCUT2D eigenvalue weighted by Crippen LogP contribution is 2.04. The van der Waals surface area contributed by atoms with Crippen LogP contribution in [0.25, 0.3) is 6.08 Å². The largest absolute Gasteiger partial charge is 0.454 e. The maximum absolute atomic E-state index is 11.9. The molecule has 0 fully saturated rings. The quantitative estimate of drug-likeness (QED) is 0.373. The number of ether oxygens (including phenoxy) is 1. The summed E-state index contributed by atoms with van der Waals surface area (Å²) in [6, 6.07) is 18.6. The molecule has 0 saturated heterocycles. The Morgan fingerprint density at radius 1 is 1.00 bits per heavy atom. The standard InChI is InChI=1S/C20H17N3O3/c24-19(17-9-5-2-6-10-17)15-26-20(25)12-11-18-14-23(22-21-18)13-16-7-3-1-4-8-16/h1-12,14H,13,15H2/b12-11+. The van der Waals surface area contributed by atoms with E-state index in [1.54, 1.807) is 35.1 Å². The number of rotatable bonds is 7. The minimum absolute atomic E-state index is 0.249. The van der Waals surface area contributed by atoms with E-state index in [4.69, 9.17) is 4.74 Å². The van der Waals surface area contributed by atoms with Crippen LogP contribution in [0.15, 0.2) is 72.9 Å². The Morgan fingerprint density at radius 2 is 1.69 bits per heavy atom. The predicted octanol–water partition coefficient (Wildman–Crippen LogP) is 2.77. The van der Waals surface area contributed by atoms with Crippen molar-refractivity contribution in [2.24, 2.45) is 0 Å². The molecule has 0 saturated carbocycles. The van der Waals surface area contributed by atoms with Crippen LogP contribution in [-0.2, 0) is 16.1 Å². The van der Waals surface area contributed by atoms with E-state index in [1.165, 1.54) is 12.2 Å². The van der Waals surface area contributed by atoms with Crippen molar-refractivity contribution in [1.29, 1.82) is 0 Å². The zero-order valence-electron chi connectivity index (χ0n) is 14.0. The molecule has 0 spiro atoms. The predicted molar refractivity (Wildman–Crippen MR) is 96.3 cm³/mol. The first-order chi connectivity index (χ1) is 12.7. The molecule has 0 aliphatic carbocycles. The number of carbonyl (C=O) groups excluding carboxylic acids is 2. The zero-order valence-corrected chi connectivity index (χ0v) is 14.0. The normalized spacial score (nSPS) is 10.8. The Bertz CT molecular complexity index is 902. The van der Waals surface area contributed by atoms with Gasteiger partial charge in [-0.3, -0.25) is 4.79 Å². The summed E-state index contributed by atoms with van der Waals surface area (Å²) >= 11 is 0. The van der Waals surface area contributed by atoms with Crippen molar-refractivity contribution < 1.29 is 14.3 Å². The van der Waals surface area contributed by atoms with Crippen LogP contribution in [0.2, 0.25) is 0 Å². The molecule has 1 aromatic heterocycles. The molecule has 0 atom stereocenters. The highest BCUT2D eigenvalue weighted by Gasteiger charge is 2.07. The molecule has 0 unspecified atom stereocenters. The number of aromatic nitrogens is 3. The van der Waals surface area contributed by atoms with Gasteiger partial charge < -0.3 is 4.74 Å². The van der Waals surface area contributed by atoms with Crippen LogP contribution >= 0.6 is 0 Å². The molecule has 6 nitrogen and oxygen atoms in total. The lowest BCUT2D eigenvalue weighted by Gasteiger charge is -2.01. The number of ketones is 1. The SMILES string of the molecule is O=C(/C=C/c1cn(Cc2ccccc2)nn1)OCC(=O)c1ccccc1. The van der Waals surface area contributed by atoms with Gasteiger partial charge in [-0.2, -0.15) is 0 Å². The van der Waals surface area contributed by atoms with Gasteiger partial charge in [-0.1, -0.05) is 65.9 Å². The molecule has 0 aliphatic rings. The minimum Gasteiger partial charge on any atom is -0.454 e. The second kappa shape index (κ2) is 8.53. The highest BCUT2D eigenvalue weighted by atomic mass is 16.5. The number of nitrogens with zero attached hydrogens (tertiary/aromatic N) is 3. The monoisotopic (exact) mass is 347 g/mol. The second-order valence-corrected chi connectivity index (χ2v) is 5.56. The van der Waals surface area contributed by atoms with Crippen LogP contribution in [0, 0.1) is 0 Å².